The first-order valence-electron chi connectivity index (χ1n) is 5.01. The van der Waals surface area contributed by atoms with Gasteiger partial charge in [0.05, 0.1) is 6.61 Å². The second-order valence-electron chi connectivity index (χ2n) is 3.28. The predicted octanol–water partition coefficient (Wildman–Crippen LogP) is 1.59. The van der Waals surface area contributed by atoms with Gasteiger partial charge in [-0.05, 0) is 31.0 Å². The molecule has 0 fully saturated rings. The van der Waals surface area contributed by atoms with Gasteiger partial charge in [-0.15, -0.1) is 12.4 Å². The Bertz CT molecular complexity index is 320. The van der Waals surface area contributed by atoms with Gasteiger partial charge in [0.1, 0.15) is 0 Å². The fourth-order valence-corrected chi connectivity index (χ4v) is 1.34. The molecule has 5 heteroatoms. The number of ether oxygens (including phenoxy) is 1. The van der Waals surface area contributed by atoms with E-state index in [1.807, 2.05) is 6.92 Å². The van der Waals surface area contributed by atoms with Crippen LogP contribution < -0.4 is 10.5 Å². The molecule has 92 valence electrons. The van der Waals surface area contributed by atoms with Crippen LogP contribution in [-0.4, -0.2) is 23.4 Å². The van der Waals surface area contributed by atoms with Gasteiger partial charge in [-0.1, -0.05) is 6.07 Å². The zero-order valence-corrected chi connectivity index (χ0v) is 10.0. The summed E-state index contributed by atoms with van der Waals surface area (Å²) < 4.78 is 5.24. The maximum Gasteiger partial charge on any atom is 0.161 e. The number of rotatable bonds is 5. The van der Waals surface area contributed by atoms with Gasteiger partial charge in [0.15, 0.2) is 11.5 Å². The summed E-state index contributed by atoms with van der Waals surface area (Å²) >= 11 is 0. The Morgan fingerprint density at radius 1 is 1.44 bits per heavy atom. The molecule has 0 aromatic heterocycles. The SMILES string of the molecule is CCOc1cc([C@@H](N)CCO)ccc1O.Cl. The first kappa shape index (κ1) is 15.0. The van der Waals surface area contributed by atoms with Crippen molar-refractivity contribution in [1.29, 1.82) is 0 Å². The highest BCUT2D eigenvalue weighted by molar-refractivity contribution is 5.85. The smallest absolute Gasteiger partial charge is 0.161 e. The van der Waals surface area contributed by atoms with Crippen molar-refractivity contribution in [3.63, 3.8) is 0 Å². The van der Waals surface area contributed by atoms with Crippen molar-refractivity contribution in [2.75, 3.05) is 13.2 Å². The largest absolute Gasteiger partial charge is 0.504 e. The zero-order chi connectivity index (χ0) is 11.3. The van der Waals surface area contributed by atoms with Crippen LogP contribution in [0.1, 0.15) is 24.9 Å². The van der Waals surface area contributed by atoms with Gasteiger partial charge in [-0.3, -0.25) is 0 Å². The lowest BCUT2D eigenvalue weighted by molar-refractivity contribution is 0.276. The molecule has 0 aliphatic heterocycles. The number of aliphatic hydroxyl groups excluding tert-OH is 1. The second kappa shape index (κ2) is 7.33. The van der Waals surface area contributed by atoms with Crippen LogP contribution in [0.25, 0.3) is 0 Å². The monoisotopic (exact) mass is 247 g/mol. The lowest BCUT2D eigenvalue weighted by Crippen LogP contribution is -2.12. The Labute approximate surface area is 101 Å². The summed E-state index contributed by atoms with van der Waals surface area (Å²) in [4.78, 5) is 0. The summed E-state index contributed by atoms with van der Waals surface area (Å²) in [5.41, 5.74) is 6.68. The number of nitrogens with two attached hydrogens (primary N) is 1. The lowest BCUT2D eigenvalue weighted by Gasteiger charge is -2.13. The number of phenolic OH excluding ortho intramolecular Hbond substituents is 1. The zero-order valence-electron chi connectivity index (χ0n) is 9.22. The molecule has 0 bridgehead atoms. The topological polar surface area (TPSA) is 75.7 Å². The molecule has 1 aromatic carbocycles. The maximum atomic E-state index is 9.46. The van der Waals surface area contributed by atoms with Gasteiger partial charge in [-0.2, -0.15) is 0 Å². The van der Waals surface area contributed by atoms with Crippen LogP contribution in [0.2, 0.25) is 0 Å². The molecule has 0 saturated heterocycles. The second-order valence-corrected chi connectivity index (χ2v) is 3.28. The third-order valence-corrected chi connectivity index (χ3v) is 2.15. The van der Waals surface area contributed by atoms with Crippen LogP contribution >= 0.6 is 12.4 Å². The molecule has 0 radical (unpaired) electrons. The molecule has 0 unspecified atom stereocenters. The van der Waals surface area contributed by atoms with Crippen molar-refractivity contribution >= 4 is 12.4 Å². The minimum Gasteiger partial charge on any atom is -0.504 e. The summed E-state index contributed by atoms with van der Waals surface area (Å²) in [6.45, 7) is 2.39. The van der Waals surface area contributed by atoms with Crippen LogP contribution in [0.4, 0.5) is 0 Å². The van der Waals surface area contributed by atoms with E-state index < -0.39 is 0 Å². The van der Waals surface area contributed by atoms with E-state index in [1.165, 1.54) is 0 Å². The van der Waals surface area contributed by atoms with Crippen LogP contribution in [0.15, 0.2) is 18.2 Å². The normalized spacial score (nSPS) is 11.7. The molecule has 0 heterocycles. The first-order chi connectivity index (χ1) is 7.19. The number of hydrogen-bond donors (Lipinski definition) is 3. The van der Waals surface area contributed by atoms with Crippen LogP contribution in [0.5, 0.6) is 11.5 Å². The standard InChI is InChI=1S/C11H17NO3.ClH/c1-2-15-11-7-8(3-4-10(11)14)9(12)5-6-13;/h3-4,7,9,13-14H,2,5-6,12H2,1H3;1H/t9-;/m0./s1. The summed E-state index contributed by atoms with van der Waals surface area (Å²) in [6.07, 6.45) is 0.496. The molecule has 0 saturated carbocycles. The molecule has 16 heavy (non-hydrogen) atoms. The van der Waals surface area contributed by atoms with Crippen molar-refractivity contribution in [1.82, 2.24) is 0 Å². The van der Waals surface area contributed by atoms with Crippen LogP contribution in [0.3, 0.4) is 0 Å². The van der Waals surface area contributed by atoms with E-state index in [9.17, 15) is 5.11 Å². The number of aliphatic hydroxyl groups is 1. The van der Waals surface area contributed by atoms with Gasteiger partial charge in [0.25, 0.3) is 0 Å². The third-order valence-electron chi connectivity index (χ3n) is 2.15. The fraction of sp³-hybridized carbons (Fsp3) is 0.455. The Balaban J connectivity index is 0.00000225. The van der Waals surface area contributed by atoms with E-state index in [-0.39, 0.29) is 30.8 Å². The van der Waals surface area contributed by atoms with Gasteiger partial charge >= 0.3 is 0 Å². The number of aromatic hydroxyl groups is 1. The van der Waals surface area contributed by atoms with E-state index in [0.29, 0.717) is 18.8 Å². The summed E-state index contributed by atoms with van der Waals surface area (Å²) in [5.74, 6) is 0.542. The van der Waals surface area contributed by atoms with E-state index in [1.54, 1.807) is 18.2 Å². The van der Waals surface area contributed by atoms with Gasteiger partial charge in [0.2, 0.25) is 0 Å². The van der Waals surface area contributed by atoms with Gasteiger partial charge < -0.3 is 20.7 Å². The van der Waals surface area contributed by atoms with Gasteiger partial charge in [-0.25, -0.2) is 0 Å². The van der Waals surface area contributed by atoms with Crippen LogP contribution in [0, 0.1) is 0 Å². The highest BCUT2D eigenvalue weighted by Gasteiger charge is 2.09. The maximum absolute atomic E-state index is 9.46. The quantitative estimate of drug-likeness (QED) is 0.739. The summed E-state index contributed by atoms with van der Waals surface area (Å²) in [5, 5.41) is 18.2. The lowest BCUT2D eigenvalue weighted by atomic mass is 10.0. The van der Waals surface area contributed by atoms with Crippen molar-refractivity contribution in [2.24, 2.45) is 5.73 Å². The fourth-order valence-electron chi connectivity index (χ4n) is 1.34. The van der Waals surface area contributed by atoms with E-state index in [4.69, 9.17) is 15.6 Å². The molecule has 4 N–H and O–H groups in total. The van der Waals surface area contributed by atoms with Crippen molar-refractivity contribution < 1.29 is 14.9 Å². The Morgan fingerprint density at radius 3 is 2.69 bits per heavy atom. The molecule has 0 aliphatic carbocycles. The number of benzene rings is 1. The average molecular weight is 248 g/mol. The minimum absolute atomic E-state index is 0. The molecule has 1 atom stereocenters. The molecule has 1 aromatic rings. The van der Waals surface area contributed by atoms with Crippen molar-refractivity contribution in [3.05, 3.63) is 23.8 Å². The Morgan fingerprint density at radius 2 is 2.12 bits per heavy atom. The number of halogens is 1. The van der Waals surface area contributed by atoms with Gasteiger partial charge in [0, 0.05) is 12.6 Å². The predicted molar refractivity (Wildman–Crippen MR) is 65.2 cm³/mol. The molecule has 0 aliphatic rings. The third kappa shape index (κ3) is 3.89. The van der Waals surface area contributed by atoms with Crippen LogP contribution in [-0.2, 0) is 0 Å². The number of phenols is 1. The first-order valence-corrected chi connectivity index (χ1v) is 5.01. The highest BCUT2D eigenvalue weighted by atomic mass is 35.5. The molecule has 4 nitrogen and oxygen atoms in total. The molecule has 1 rings (SSSR count). The van der Waals surface area contributed by atoms with Crippen molar-refractivity contribution in [2.45, 2.75) is 19.4 Å². The Kier molecular flexibility index (Phi) is 6.88. The molecular formula is C11H18ClNO3. The van der Waals surface area contributed by atoms with Crippen molar-refractivity contribution in [3.8, 4) is 11.5 Å². The summed E-state index contributed by atoms with van der Waals surface area (Å²) in [6, 6.07) is 4.77. The Hall–Kier alpha value is -0.970. The van der Waals surface area contributed by atoms with E-state index in [0.717, 1.165) is 5.56 Å². The molecule has 0 amide bonds. The highest BCUT2D eigenvalue weighted by Crippen LogP contribution is 2.29. The molecular weight excluding hydrogens is 230 g/mol. The van der Waals surface area contributed by atoms with E-state index in [2.05, 4.69) is 0 Å². The number of hydrogen-bond acceptors (Lipinski definition) is 4. The minimum atomic E-state index is -0.227. The average Bonchev–Trinajstić information content (AvgIpc) is 2.22. The molecule has 0 spiro atoms. The summed E-state index contributed by atoms with van der Waals surface area (Å²) in [7, 11) is 0. The van der Waals surface area contributed by atoms with E-state index >= 15 is 0 Å².